The quantitative estimate of drug-likeness (QED) is 0.0643. The van der Waals surface area contributed by atoms with Crippen LogP contribution in [-0.2, 0) is 14.3 Å². The molecule has 4 aromatic heterocycles. The standard InChI is InChI=1S/C57H68ClN11O8S/c1-32(2)50(57(73)68-30-40(70)24-47(68)55(72)62-33(3)35-9-11-36(12-10-35)53-34(4)61-31-78-53)52-51(58)56(65-77-52)74-22-21-66-19-16-41(17-20-66)75-42-25-43(26-42)76-49-23-37(15-18-60-49)69-38-13-14-39(69)29-67(28-38)46-27-45(63-64-54(46)59)44-7-5-6-8-48(44)71/h5-12,15,18,23,27,31-33,38-43,47,50,70-71H,13-14,16-17,19-22,24-26,28-30H2,1-4H3,(H2,59,64)(H,62,72)/t33-,38+,39?,40+,42?,43?,47-,50-/m0/s1. The predicted molar refractivity (Wildman–Crippen MR) is 297 cm³/mol. The molecule has 412 valence electrons. The number of halogens is 1. The molecule has 1 unspecified atom stereocenters. The second kappa shape index (κ2) is 23.0. The number of aromatic hydroxyl groups is 1. The number of benzene rings is 2. The third-order valence-corrected chi connectivity index (χ3v) is 17.5. The van der Waals surface area contributed by atoms with Gasteiger partial charge in [0.25, 0.3) is 5.88 Å². The van der Waals surface area contributed by atoms with Crippen molar-refractivity contribution in [2.24, 2.45) is 5.92 Å². The summed E-state index contributed by atoms with van der Waals surface area (Å²) < 4.78 is 24.8. The number of phenolic OH excluding ortho intramolecular Hbond substituents is 1. The molecule has 8 heterocycles. The number of anilines is 3. The fourth-order valence-corrected chi connectivity index (χ4v) is 13.0. The molecule has 6 aromatic rings. The maximum absolute atomic E-state index is 14.3. The Balaban J connectivity index is 0.610. The average molecular weight is 1100 g/mol. The summed E-state index contributed by atoms with van der Waals surface area (Å²) in [5.41, 5.74) is 14.3. The van der Waals surface area contributed by atoms with E-state index in [2.05, 4.69) is 57.5 Å². The summed E-state index contributed by atoms with van der Waals surface area (Å²) in [6.07, 6.45) is 7.01. The monoisotopic (exact) mass is 1100 g/mol. The molecule has 5 N–H and O–H groups in total. The highest BCUT2D eigenvalue weighted by Crippen LogP contribution is 2.42. The van der Waals surface area contributed by atoms with Crippen LogP contribution >= 0.6 is 22.9 Å². The van der Waals surface area contributed by atoms with Gasteiger partial charge in [0, 0.05) is 94.1 Å². The number of likely N-dealkylation sites (tertiary alicyclic amines) is 2. The van der Waals surface area contributed by atoms with Gasteiger partial charge < -0.3 is 54.7 Å². The van der Waals surface area contributed by atoms with Gasteiger partial charge in [0.15, 0.2) is 11.6 Å². The number of aryl methyl sites for hydroxylation is 1. The lowest BCUT2D eigenvalue weighted by atomic mass is 9.91. The van der Waals surface area contributed by atoms with E-state index in [1.54, 1.807) is 23.5 Å². The number of amides is 2. The molecule has 5 fully saturated rings. The number of carbonyl (C=O) groups is 2. The third kappa shape index (κ3) is 11.3. The number of carbonyl (C=O) groups excluding carboxylic acids is 2. The molecule has 1 aliphatic carbocycles. The molecule has 0 radical (unpaired) electrons. The Hall–Kier alpha value is -6.58. The molecular formula is C57H68ClN11O8S. The highest BCUT2D eigenvalue weighted by molar-refractivity contribution is 7.13. The van der Waals surface area contributed by atoms with Crippen LogP contribution in [0.3, 0.4) is 0 Å². The molecule has 5 aliphatic rings. The number of piperazine rings is 1. The minimum atomic E-state index is -0.877. The molecule has 0 spiro atoms. The van der Waals surface area contributed by atoms with E-state index in [-0.39, 0.29) is 89.5 Å². The van der Waals surface area contributed by atoms with Crippen molar-refractivity contribution in [1.29, 1.82) is 0 Å². The zero-order valence-electron chi connectivity index (χ0n) is 44.4. The Morgan fingerprint density at radius 2 is 1.68 bits per heavy atom. The van der Waals surface area contributed by atoms with Crippen LogP contribution in [-0.4, -0.2) is 146 Å². The van der Waals surface area contributed by atoms with Gasteiger partial charge in [0.2, 0.25) is 17.7 Å². The second-order valence-corrected chi connectivity index (χ2v) is 23.1. The number of thiazole rings is 1. The van der Waals surface area contributed by atoms with Gasteiger partial charge in [-0.3, -0.25) is 14.5 Å². The lowest BCUT2D eigenvalue weighted by Gasteiger charge is -2.43. The number of nitrogens with two attached hydrogens (primary N) is 1. The Kier molecular flexibility index (Phi) is 15.8. The van der Waals surface area contributed by atoms with E-state index in [1.165, 1.54) is 4.90 Å². The van der Waals surface area contributed by atoms with Crippen molar-refractivity contribution in [3.05, 3.63) is 100 Å². The number of para-hydroxylation sites is 1. The van der Waals surface area contributed by atoms with Crippen molar-refractivity contribution < 1.29 is 38.5 Å². The summed E-state index contributed by atoms with van der Waals surface area (Å²) in [6.45, 7) is 11.9. The fourth-order valence-electron chi connectivity index (χ4n) is 12.0. The van der Waals surface area contributed by atoms with Crippen molar-refractivity contribution >= 4 is 51.9 Å². The Morgan fingerprint density at radius 3 is 2.40 bits per heavy atom. The van der Waals surface area contributed by atoms with Crippen molar-refractivity contribution in [2.45, 2.75) is 127 Å². The summed E-state index contributed by atoms with van der Waals surface area (Å²) >= 11 is 8.44. The van der Waals surface area contributed by atoms with E-state index >= 15 is 0 Å². The first-order valence-corrected chi connectivity index (χ1v) is 28.5. The molecule has 11 rings (SSSR count). The lowest BCUT2D eigenvalue weighted by Crippen LogP contribution is -2.54. The van der Waals surface area contributed by atoms with E-state index in [4.69, 9.17) is 36.1 Å². The normalized spacial score (nSPS) is 23.3. The van der Waals surface area contributed by atoms with Crippen LogP contribution in [0.25, 0.3) is 21.7 Å². The van der Waals surface area contributed by atoms with Crippen LogP contribution < -0.4 is 30.3 Å². The van der Waals surface area contributed by atoms with Crippen LogP contribution in [0.4, 0.5) is 17.2 Å². The Morgan fingerprint density at radius 1 is 0.923 bits per heavy atom. The number of piperidine rings is 1. The number of rotatable bonds is 18. The molecule has 2 bridgehead atoms. The first-order valence-electron chi connectivity index (χ1n) is 27.3. The van der Waals surface area contributed by atoms with Crippen LogP contribution in [0.15, 0.2) is 83.0 Å². The van der Waals surface area contributed by atoms with Gasteiger partial charge >= 0.3 is 0 Å². The number of ether oxygens (including phenoxy) is 3. The number of hydrogen-bond acceptors (Lipinski definition) is 18. The highest BCUT2D eigenvalue weighted by Gasteiger charge is 2.45. The third-order valence-electron chi connectivity index (χ3n) is 16.2. The molecule has 2 amide bonds. The number of hydrogen-bond donors (Lipinski definition) is 4. The Labute approximate surface area is 463 Å². The van der Waals surface area contributed by atoms with Crippen LogP contribution in [0, 0.1) is 12.8 Å². The van der Waals surface area contributed by atoms with Gasteiger partial charge in [-0.2, -0.15) is 0 Å². The number of aliphatic hydroxyl groups is 1. The van der Waals surface area contributed by atoms with E-state index in [1.807, 2.05) is 81.9 Å². The predicted octanol–water partition coefficient (Wildman–Crippen LogP) is 7.81. The minimum absolute atomic E-state index is 0.00881. The number of nitrogen functional groups attached to an aromatic ring is 1. The first kappa shape index (κ1) is 53.4. The van der Waals surface area contributed by atoms with Crippen molar-refractivity contribution in [1.82, 2.24) is 40.4 Å². The minimum Gasteiger partial charge on any atom is -0.507 e. The van der Waals surface area contributed by atoms with E-state index in [9.17, 15) is 19.8 Å². The van der Waals surface area contributed by atoms with Gasteiger partial charge in [-0.05, 0) is 86.0 Å². The number of phenols is 1. The summed E-state index contributed by atoms with van der Waals surface area (Å²) in [5, 5.41) is 37.1. The van der Waals surface area contributed by atoms with Crippen LogP contribution in [0.1, 0.15) is 94.7 Å². The largest absolute Gasteiger partial charge is 0.507 e. The molecule has 2 aromatic carbocycles. The second-order valence-electron chi connectivity index (χ2n) is 21.8. The number of aromatic nitrogens is 5. The molecule has 4 aliphatic heterocycles. The van der Waals surface area contributed by atoms with Gasteiger partial charge in [0.05, 0.1) is 51.8 Å². The van der Waals surface area contributed by atoms with Gasteiger partial charge in [-0.15, -0.1) is 21.5 Å². The molecule has 19 nitrogen and oxygen atoms in total. The van der Waals surface area contributed by atoms with Crippen molar-refractivity contribution in [3.8, 4) is 39.2 Å². The number of nitrogens with one attached hydrogen (secondary N) is 1. The van der Waals surface area contributed by atoms with E-state index in [0.29, 0.717) is 36.1 Å². The van der Waals surface area contributed by atoms with Crippen molar-refractivity contribution in [2.75, 3.05) is 61.4 Å². The van der Waals surface area contributed by atoms with Crippen LogP contribution in [0.5, 0.6) is 17.5 Å². The number of fused-ring (bicyclic) bond motifs is 2. The average Bonchev–Trinajstić information content (AvgIpc) is 4.26. The molecule has 21 heteroatoms. The summed E-state index contributed by atoms with van der Waals surface area (Å²) in [7, 11) is 0. The summed E-state index contributed by atoms with van der Waals surface area (Å²) in [6, 6.07) is 20.6. The maximum Gasteiger partial charge on any atom is 0.273 e. The van der Waals surface area contributed by atoms with Gasteiger partial charge in [0.1, 0.15) is 35.4 Å². The molecule has 78 heavy (non-hydrogen) atoms. The lowest BCUT2D eigenvalue weighted by molar-refractivity contribution is -0.141. The maximum atomic E-state index is 14.3. The molecular weight excluding hydrogens is 1030 g/mol. The molecule has 6 atom stereocenters. The number of pyridine rings is 1. The first-order chi connectivity index (χ1) is 37.7. The van der Waals surface area contributed by atoms with Crippen LogP contribution in [0.2, 0.25) is 5.02 Å². The van der Waals surface area contributed by atoms with Crippen molar-refractivity contribution in [3.63, 3.8) is 0 Å². The number of aliphatic hydroxyl groups excluding tert-OH is 1. The highest BCUT2D eigenvalue weighted by atomic mass is 35.5. The summed E-state index contributed by atoms with van der Waals surface area (Å²) in [4.78, 5) is 46.8. The summed E-state index contributed by atoms with van der Waals surface area (Å²) in [5.74, 6) is -0.388. The van der Waals surface area contributed by atoms with E-state index in [0.717, 1.165) is 97.8 Å². The smallest absolute Gasteiger partial charge is 0.273 e. The molecule has 1 saturated carbocycles. The number of nitrogens with zero attached hydrogens (tertiary/aromatic N) is 9. The van der Waals surface area contributed by atoms with E-state index < -0.39 is 18.1 Å². The Bertz CT molecular complexity index is 3060. The van der Waals surface area contributed by atoms with Gasteiger partial charge in [-0.1, -0.05) is 61.8 Å². The SMILES string of the molecule is Cc1ncsc1-c1ccc([C@H](C)NC(=O)[C@@H]2C[C@@H](O)CN2C(=O)[C@H](c2onc(OCCN3CCC(OC4CC(Oc5cc(N6C7CC[C@@H]6CN(c6cc(-c8ccccc8O)nnc6N)C7)ccn5)C4)CC3)c2Cl)C(C)C)cc1. The number of β-amino-alcohol motifs (C(OH)–C–C–N with tert-alkyl or cyclic N) is 1. The zero-order valence-corrected chi connectivity index (χ0v) is 46.0. The molecule has 4 saturated heterocycles. The van der Waals surface area contributed by atoms with Gasteiger partial charge in [-0.25, -0.2) is 9.97 Å². The topological polar surface area (TPSA) is 231 Å². The fraction of sp³-hybridized carbons (Fsp3) is 0.491. The zero-order chi connectivity index (χ0) is 54.2.